The summed E-state index contributed by atoms with van der Waals surface area (Å²) in [5.74, 6) is 0.740. The van der Waals surface area contributed by atoms with Crippen LogP contribution in [0, 0.1) is 0 Å². The van der Waals surface area contributed by atoms with E-state index in [-0.39, 0.29) is 5.91 Å². The molecule has 0 atom stereocenters. The highest BCUT2D eigenvalue weighted by atomic mass is 16.2. The van der Waals surface area contributed by atoms with Gasteiger partial charge in [0.2, 0.25) is 0 Å². The molecular formula is C19H14N2O. The van der Waals surface area contributed by atoms with Gasteiger partial charge in [-0.2, -0.15) is 4.99 Å². The molecule has 0 saturated carbocycles. The molecule has 2 aromatic rings. The van der Waals surface area contributed by atoms with Gasteiger partial charge in [-0.25, -0.2) is 0 Å². The molecule has 1 amide bonds. The number of carbonyl (C=O) groups excluding carboxylic acids is 1. The Morgan fingerprint density at radius 1 is 1.00 bits per heavy atom. The van der Waals surface area contributed by atoms with E-state index in [0.717, 1.165) is 5.84 Å². The van der Waals surface area contributed by atoms with Crippen LogP contribution in [-0.4, -0.2) is 22.2 Å². The van der Waals surface area contributed by atoms with Gasteiger partial charge in [-0.1, -0.05) is 42.5 Å². The molecule has 2 heterocycles. The summed E-state index contributed by atoms with van der Waals surface area (Å²) in [5.41, 5.74) is 1.90. The fourth-order valence-corrected chi connectivity index (χ4v) is 4.01. The summed E-state index contributed by atoms with van der Waals surface area (Å²) in [6.45, 7) is 0. The van der Waals surface area contributed by atoms with Crippen LogP contribution < -0.4 is 0 Å². The number of amides is 1. The van der Waals surface area contributed by atoms with E-state index in [1.54, 1.807) is 0 Å². The second kappa shape index (κ2) is 3.95. The Labute approximate surface area is 128 Å². The van der Waals surface area contributed by atoms with E-state index in [1.807, 2.05) is 24.4 Å². The number of rotatable bonds is 0. The molecule has 5 rings (SSSR count). The van der Waals surface area contributed by atoms with Gasteiger partial charge >= 0.3 is 0 Å². The maximum atomic E-state index is 12.7. The van der Waals surface area contributed by atoms with Crippen LogP contribution in [0.5, 0.6) is 0 Å². The summed E-state index contributed by atoms with van der Waals surface area (Å²) in [7, 11) is 0. The third-order valence-corrected chi connectivity index (χ3v) is 4.96. The number of allylic oxidation sites excluding steroid dienone is 2. The SMILES string of the molecule is O=C1N=C2C=CC=CN2C12Cc1cccc3cccc(c13)C2. The number of hydrogen-bond acceptors (Lipinski definition) is 2. The van der Waals surface area contributed by atoms with Crippen molar-refractivity contribution < 1.29 is 4.79 Å². The summed E-state index contributed by atoms with van der Waals surface area (Å²) in [6.07, 6.45) is 9.22. The summed E-state index contributed by atoms with van der Waals surface area (Å²) < 4.78 is 0. The minimum atomic E-state index is -0.584. The minimum Gasteiger partial charge on any atom is -0.317 e. The molecule has 2 aliphatic heterocycles. The first-order valence-corrected chi connectivity index (χ1v) is 7.55. The predicted molar refractivity (Wildman–Crippen MR) is 86.6 cm³/mol. The molecule has 3 aliphatic rings. The number of carbonyl (C=O) groups is 1. The van der Waals surface area contributed by atoms with Gasteiger partial charge in [0.25, 0.3) is 5.91 Å². The van der Waals surface area contributed by atoms with Crippen molar-refractivity contribution in [2.45, 2.75) is 18.4 Å². The third-order valence-electron chi connectivity index (χ3n) is 4.96. The van der Waals surface area contributed by atoms with Crippen molar-refractivity contribution in [2.24, 2.45) is 4.99 Å². The number of nitrogens with zero attached hydrogens (tertiary/aromatic N) is 2. The van der Waals surface area contributed by atoms with Crippen LogP contribution in [0.3, 0.4) is 0 Å². The first kappa shape index (κ1) is 11.9. The van der Waals surface area contributed by atoms with Gasteiger partial charge in [0.05, 0.1) is 0 Å². The van der Waals surface area contributed by atoms with E-state index < -0.39 is 5.54 Å². The molecule has 0 unspecified atom stereocenters. The lowest BCUT2D eigenvalue weighted by atomic mass is 9.75. The number of aliphatic imine (C=N–C) groups is 1. The summed E-state index contributed by atoms with van der Waals surface area (Å²) >= 11 is 0. The molecule has 0 fully saturated rings. The molecule has 106 valence electrons. The average Bonchev–Trinajstić information content (AvgIpc) is 2.80. The van der Waals surface area contributed by atoms with Crippen molar-refractivity contribution in [3.63, 3.8) is 0 Å². The van der Waals surface area contributed by atoms with Gasteiger partial charge in [0.15, 0.2) is 0 Å². The van der Waals surface area contributed by atoms with Gasteiger partial charge in [-0.3, -0.25) is 4.79 Å². The van der Waals surface area contributed by atoms with Crippen molar-refractivity contribution in [3.8, 4) is 0 Å². The van der Waals surface area contributed by atoms with Crippen LogP contribution >= 0.6 is 0 Å². The molecule has 3 nitrogen and oxygen atoms in total. The van der Waals surface area contributed by atoms with Crippen LogP contribution in [0.4, 0.5) is 0 Å². The molecule has 1 aliphatic carbocycles. The zero-order valence-electron chi connectivity index (χ0n) is 12.0. The normalized spacial score (nSPS) is 20.6. The Balaban J connectivity index is 1.73. The van der Waals surface area contributed by atoms with Crippen molar-refractivity contribution in [1.82, 2.24) is 4.90 Å². The van der Waals surface area contributed by atoms with E-state index in [9.17, 15) is 4.79 Å². The Morgan fingerprint density at radius 2 is 1.73 bits per heavy atom. The number of benzene rings is 2. The Hall–Kier alpha value is -2.68. The highest BCUT2D eigenvalue weighted by molar-refractivity contribution is 6.13. The Morgan fingerprint density at radius 3 is 2.45 bits per heavy atom. The molecule has 22 heavy (non-hydrogen) atoms. The highest BCUT2D eigenvalue weighted by Crippen LogP contribution is 2.41. The molecule has 0 radical (unpaired) electrons. The quantitative estimate of drug-likeness (QED) is 0.746. The fraction of sp³-hybridized carbons (Fsp3) is 0.158. The number of fused-ring (bicyclic) bond motifs is 2. The molecule has 2 aromatic carbocycles. The average molecular weight is 286 g/mol. The van der Waals surface area contributed by atoms with Gasteiger partial charge in [-0.15, -0.1) is 0 Å². The van der Waals surface area contributed by atoms with E-state index in [0.29, 0.717) is 12.8 Å². The lowest BCUT2D eigenvalue weighted by Gasteiger charge is -2.40. The summed E-state index contributed by atoms with van der Waals surface area (Å²) in [6, 6.07) is 12.7. The first-order valence-electron chi connectivity index (χ1n) is 7.55. The Kier molecular flexibility index (Phi) is 2.14. The number of hydrogen-bond donors (Lipinski definition) is 0. The van der Waals surface area contributed by atoms with Crippen LogP contribution in [0.2, 0.25) is 0 Å². The summed E-state index contributed by atoms with van der Waals surface area (Å²) in [5, 5.41) is 2.57. The smallest absolute Gasteiger partial charge is 0.274 e. The lowest BCUT2D eigenvalue weighted by molar-refractivity contribution is -0.124. The fourth-order valence-electron chi connectivity index (χ4n) is 4.01. The third kappa shape index (κ3) is 1.36. The van der Waals surface area contributed by atoms with Gasteiger partial charge < -0.3 is 4.90 Å². The zero-order valence-corrected chi connectivity index (χ0v) is 12.0. The molecule has 0 bridgehead atoms. The van der Waals surface area contributed by atoms with E-state index in [1.165, 1.54) is 21.9 Å². The predicted octanol–water partition coefficient (Wildman–Crippen LogP) is 3.00. The highest BCUT2D eigenvalue weighted by Gasteiger charge is 2.51. The molecule has 0 N–H and O–H groups in total. The summed E-state index contributed by atoms with van der Waals surface area (Å²) in [4.78, 5) is 19.1. The topological polar surface area (TPSA) is 32.7 Å². The maximum Gasteiger partial charge on any atom is 0.274 e. The molecule has 1 spiro atoms. The standard InChI is InChI=1S/C19H14N2O/c22-18-19(21-10-2-1-9-16(21)20-18)11-14-7-3-5-13-6-4-8-15(12-19)17(13)14/h1-10H,11-12H2. The van der Waals surface area contributed by atoms with E-state index >= 15 is 0 Å². The second-order valence-corrected chi connectivity index (χ2v) is 6.16. The minimum absolute atomic E-state index is 0.0230. The lowest BCUT2D eigenvalue weighted by Crippen LogP contribution is -2.53. The van der Waals surface area contributed by atoms with Crippen LogP contribution in [0.1, 0.15) is 11.1 Å². The monoisotopic (exact) mass is 286 g/mol. The largest absolute Gasteiger partial charge is 0.317 e. The maximum absolute atomic E-state index is 12.7. The van der Waals surface area contributed by atoms with Crippen LogP contribution in [0.25, 0.3) is 10.8 Å². The first-order chi connectivity index (χ1) is 10.8. The van der Waals surface area contributed by atoms with Crippen LogP contribution in [0.15, 0.2) is 65.8 Å². The second-order valence-electron chi connectivity index (χ2n) is 6.16. The van der Waals surface area contributed by atoms with Crippen LogP contribution in [-0.2, 0) is 17.6 Å². The van der Waals surface area contributed by atoms with Crippen molar-refractivity contribution in [3.05, 3.63) is 72.0 Å². The van der Waals surface area contributed by atoms with Gasteiger partial charge in [-0.05, 0) is 34.1 Å². The molecule has 0 aromatic heterocycles. The van der Waals surface area contributed by atoms with Gasteiger partial charge in [0, 0.05) is 19.0 Å². The van der Waals surface area contributed by atoms with Crippen molar-refractivity contribution >= 4 is 22.5 Å². The van der Waals surface area contributed by atoms with E-state index in [2.05, 4.69) is 46.3 Å². The molecular weight excluding hydrogens is 272 g/mol. The number of amidine groups is 1. The molecule has 0 saturated heterocycles. The Bertz CT molecular complexity index is 879. The van der Waals surface area contributed by atoms with E-state index in [4.69, 9.17) is 0 Å². The van der Waals surface area contributed by atoms with Crippen molar-refractivity contribution in [2.75, 3.05) is 0 Å². The zero-order chi connectivity index (χ0) is 14.7. The molecule has 3 heteroatoms. The van der Waals surface area contributed by atoms with Crippen molar-refractivity contribution in [1.29, 1.82) is 0 Å². The van der Waals surface area contributed by atoms with Gasteiger partial charge in [0.1, 0.15) is 11.4 Å².